The van der Waals surface area contributed by atoms with Gasteiger partial charge in [-0.1, -0.05) is 6.07 Å². The van der Waals surface area contributed by atoms with E-state index in [0.29, 0.717) is 17.7 Å². The van der Waals surface area contributed by atoms with Gasteiger partial charge in [0.1, 0.15) is 11.1 Å². The molecule has 3 rings (SSSR count). The molecule has 1 N–H and O–H groups in total. The minimum absolute atomic E-state index is 0.0165. The highest BCUT2D eigenvalue weighted by atomic mass is 32.2. The van der Waals surface area contributed by atoms with Crippen molar-refractivity contribution >= 4 is 23.4 Å². The molecule has 4 nitrogen and oxygen atoms in total. The number of aryl methyl sites for hydroxylation is 4. The standard InChI is InChI=1S/C20H21N3OS/c1-13-8-14(2)10-17(9-13)22-19(24)6-7-25-20-16(12-21)11-15-4-3-5-18(15)23-20/h8-11H,3-7H2,1-2H3,(H,22,24). The monoisotopic (exact) mass is 351 g/mol. The van der Waals surface area contributed by atoms with E-state index < -0.39 is 0 Å². The van der Waals surface area contributed by atoms with Crippen LogP contribution >= 0.6 is 11.8 Å². The second-order valence-corrected chi connectivity index (χ2v) is 7.52. The lowest BCUT2D eigenvalue weighted by Gasteiger charge is -2.08. The molecule has 1 aliphatic carbocycles. The van der Waals surface area contributed by atoms with E-state index in [2.05, 4.69) is 22.4 Å². The lowest BCUT2D eigenvalue weighted by atomic mass is 10.1. The summed E-state index contributed by atoms with van der Waals surface area (Å²) in [6.07, 6.45) is 3.50. The number of nitrogens with zero attached hydrogens (tertiary/aromatic N) is 2. The van der Waals surface area contributed by atoms with E-state index in [1.807, 2.05) is 32.0 Å². The Labute approximate surface area is 152 Å². The highest BCUT2D eigenvalue weighted by molar-refractivity contribution is 7.99. The highest BCUT2D eigenvalue weighted by Crippen LogP contribution is 2.28. The van der Waals surface area contributed by atoms with E-state index in [1.165, 1.54) is 17.3 Å². The fourth-order valence-corrected chi connectivity index (χ4v) is 4.07. The molecule has 5 heteroatoms. The van der Waals surface area contributed by atoms with Gasteiger partial charge < -0.3 is 5.32 Å². The van der Waals surface area contributed by atoms with Crippen LogP contribution in [0.5, 0.6) is 0 Å². The van der Waals surface area contributed by atoms with Gasteiger partial charge in [-0.25, -0.2) is 4.98 Å². The van der Waals surface area contributed by atoms with Gasteiger partial charge in [-0.3, -0.25) is 4.79 Å². The SMILES string of the molecule is Cc1cc(C)cc(NC(=O)CCSc2nc3c(cc2C#N)CCC3)c1. The molecule has 128 valence electrons. The maximum Gasteiger partial charge on any atom is 0.225 e. The number of pyridine rings is 1. The number of benzene rings is 1. The highest BCUT2D eigenvalue weighted by Gasteiger charge is 2.17. The zero-order valence-electron chi connectivity index (χ0n) is 14.6. The van der Waals surface area contributed by atoms with Gasteiger partial charge in [0.25, 0.3) is 0 Å². The van der Waals surface area contributed by atoms with Crippen molar-refractivity contribution in [2.24, 2.45) is 0 Å². The van der Waals surface area contributed by atoms with Gasteiger partial charge in [-0.15, -0.1) is 11.8 Å². The number of nitrogens with one attached hydrogen (secondary N) is 1. The van der Waals surface area contributed by atoms with Crippen molar-refractivity contribution in [3.05, 3.63) is 52.2 Å². The van der Waals surface area contributed by atoms with Crippen LogP contribution in [0.3, 0.4) is 0 Å². The molecular formula is C20H21N3OS. The largest absolute Gasteiger partial charge is 0.326 e. The van der Waals surface area contributed by atoms with Gasteiger partial charge in [-0.05, 0) is 68.0 Å². The smallest absolute Gasteiger partial charge is 0.225 e. The van der Waals surface area contributed by atoms with Crippen molar-refractivity contribution in [1.29, 1.82) is 5.26 Å². The van der Waals surface area contributed by atoms with Crippen molar-refractivity contribution in [3.8, 4) is 6.07 Å². The van der Waals surface area contributed by atoms with Crippen LogP contribution in [0.15, 0.2) is 29.3 Å². The number of carbonyl (C=O) groups excluding carboxylic acids is 1. The molecule has 25 heavy (non-hydrogen) atoms. The zero-order valence-corrected chi connectivity index (χ0v) is 15.4. The maximum absolute atomic E-state index is 12.2. The molecule has 0 bridgehead atoms. The Morgan fingerprint density at radius 2 is 2.00 bits per heavy atom. The lowest BCUT2D eigenvalue weighted by Crippen LogP contribution is -2.12. The number of anilines is 1. The first kappa shape index (κ1) is 17.5. The average molecular weight is 351 g/mol. The number of aromatic nitrogens is 1. The van der Waals surface area contributed by atoms with Crippen LogP contribution in [0.1, 0.15) is 40.8 Å². The van der Waals surface area contributed by atoms with Crippen LogP contribution in [0.25, 0.3) is 0 Å². The molecule has 0 aliphatic heterocycles. The Bertz CT molecular complexity index is 835. The summed E-state index contributed by atoms with van der Waals surface area (Å²) >= 11 is 1.49. The molecule has 0 atom stereocenters. The Morgan fingerprint density at radius 1 is 1.24 bits per heavy atom. The molecule has 1 aliphatic rings. The Hall–Kier alpha value is -2.32. The minimum atomic E-state index is -0.0165. The van der Waals surface area contributed by atoms with Crippen LogP contribution in [-0.2, 0) is 17.6 Å². The summed E-state index contributed by atoms with van der Waals surface area (Å²) in [4.78, 5) is 16.8. The quantitative estimate of drug-likeness (QED) is 0.821. The van der Waals surface area contributed by atoms with E-state index in [-0.39, 0.29) is 5.91 Å². The Kier molecular flexibility index (Phi) is 5.40. The molecule has 1 aromatic carbocycles. The van der Waals surface area contributed by atoms with Gasteiger partial charge >= 0.3 is 0 Å². The molecule has 1 heterocycles. The Balaban J connectivity index is 1.58. The normalized spacial score (nSPS) is 12.5. The van der Waals surface area contributed by atoms with Crippen LogP contribution in [0.2, 0.25) is 0 Å². The van der Waals surface area contributed by atoms with Crippen LogP contribution in [-0.4, -0.2) is 16.6 Å². The van der Waals surface area contributed by atoms with E-state index >= 15 is 0 Å². The molecule has 0 spiro atoms. The lowest BCUT2D eigenvalue weighted by molar-refractivity contribution is -0.115. The molecular weight excluding hydrogens is 330 g/mol. The topological polar surface area (TPSA) is 65.8 Å². The summed E-state index contributed by atoms with van der Waals surface area (Å²) in [7, 11) is 0. The number of rotatable bonds is 5. The summed E-state index contributed by atoms with van der Waals surface area (Å²) in [6.45, 7) is 4.03. The van der Waals surface area contributed by atoms with Gasteiger partial charge in [0, 0.05) is 23.6 Å². The summed E-state index contributed by atoms with van der Waals surface area (Å²) in [5.41, 5.74) is 6.03. The molecule has 0 fully saturated rings. The number of fused-ring (bicyclic) bond motifs is 1. The van der Waals surface area contributed by atoms with Gasteiger partial charge in [0.15, 0.2) is 0 Å². The fourth-order valence-electron chi connectivity index (χ4n) is 3.15. The second-order valence-electron chi connectivity index (χ2n) is 6.44. The first-order valence-electron chi connectivity index (χ1n) is 8.49. The van der Waals surface area contributed by atoms with Gasteiger partial charge in [0.2, 0.25) is 5.91 Å². The summed E-state index contributed by atoms with van der Waals surface area (Å²) < 4.78 is 0. The third-order valence-electron chi connectivity index (χ3n) is 4.21. The summed E-state index contributed by atoms with van der Waals surface area (Å²) in [5.74, 6) is 0.592. The predicted octanol–water partition coefficient (Wildman–Crippen LogP) is 4.18. The Morgan fingerprint density at radius 3 is 2.72 bits per heavy atom. The van der Waals surface area contributed by atoms with Crippen molar-refractivity contribution in [2.45, 2.75) is 44.6 Å². The van der Waals surface area contributed by atoms with E-state index in [0.717, 1.165) is 46.8 Å². The van der Waals surface area contributed by atoms with Gasteiger partial charge in [0.05, 0.1) is 5.56 Å². The molecule has 1 aromatic heterocycles. The summed E-state index contributed by atoms with van der Waals surface area (Å²) in [6, 6.07) is 10.2. The van der Waals surface area contributed by atoms with Crippen molar-refractivity contribution in [3.63, 3.8) is 0 Å². The third-order valence-corrected chi connectivity index (χ3v) is 5.20. The van der Waals surface area contributed by atoms with Crippen LogP contribution < -0.4 is 5.32 Å². The van der Waals surface area contributed by atoms with E-state index in [9.17, 15) is 10.1 Å². The molecule has 1 amide bonds. The van der Waals surface area contributed by atoms with E-state index in [4.69, 9.17) is 0 Å². The number of carbonyl (C=O) groups is 1. The maximum atomic E-state index is 12.2. The number of hydrogen-bond acceptors (Lipinski definition) is 4. The first-order chi connectivity index (χ1) is 12.0. The number of nitriles is 1. The molecule has 0 saturated carbocycles. The van der Waals surface area contributed by atoms with E-state index in [1.54, 1.807) is 0 Å². The first-order valence-corrected chi connectivity index (χ1v) is 9.47. The zero-order chi connectivity index (χ0) is 17.8. The number of hydrogen-bond donors (Lipinski definition) is 1. The summed E-state index contributed by atoms with van der Waals surface area (Å²) in [5, 5.41) is 13.0. The van der Waals surface area contributed by atoms with Gasteiger partial charge in [-0.2, -0.15) is 5.26 Å². The molecule has 0 saturated heterocycles. The van der Waals surface area contributed by atoms with Crippen LogP contribution in [0, 0.1) is 25.2 Å². The second kappa shape index (κ2) is 7.71. The van der Waals surface area contributed by atoms with Crippen molar-refractivity contribution < 1.29 is 4.79 Å². The minimum Gasteiger partial charge on any atom is -0.326 e. The molecule has 0 unspecified atom stereocenters. The molecule has 2 aromatic rings. The number of thioether (sulfide) groups is 1. The van der Waals surface area contributed by atoms with Crippen molar-refractivity contribution in [2.75, 3.05) is 11.1 Å². The molecule has 0 radical (unpaired) electrons. The van der Waals surface area contributed by atoms with Crippen molar-refractivity contribution in [1.82, 2.24) is 4.98 Å². The predicted molar refractivity (Wildman–Crippen MR) is 101 cm³/mol. The van der Waals surface area contributed by atoms with Crippen LogP contribution in [0.4, 0.5) is 5.69 Å². The average Bonchev–Trinajstić information content (AvgIpc) is 3.00. The fraction of sp³-hybridized carbons (Fsp3) is 0.350. The number of amides is 1. The third kappa shape index (κ3) is 4.40.